The van der Waals surface area contributed by atoms with Crippen molar-refractivity contribution < 1.29 is 57.2 Å². The Kier molecular flexibility index (Phi) is 41.0. The number of esters is 6. The smallest absolute Gasteiger partial charge is 0.306 e. The van der Waals surface area contributed by atoms with Gasteiger partial charge in [-0.1, -0.05) is 125 Å². The Morgan fingerprint density at radius 3 is 1.09 bits per heavy atom. The van der Waals surface area contributed by atoms with E-state index in [1.807, 2.05) is 0 Å². The molecule has 0 aromatic carbocycles. The van der Waals surface area contributed by atoms with Gasteiger partial charge in [0.25, 0.3) is 0 Å². The van der Waals surface area contributed by atoms with Crippen LogP contribution in [0.1, 0.15) is 235 Å². The van der Waals surface area contributed by atoms with E-state index in [1.165, 1.54) is 12.8 Å². The average Bonchev–Trinajstić information content (AvgIpc) is 3.29. The Morgan fingerprint density at radius 2 is 0.727 bits per heavy atom. The van der Waals surface area contributed by atoms with Crippen LogP contribution in [0.3, 0.4) is 0 Å². The molecule has 0 fully saturated rings. The highest BCUT2D eigenvalue weighted by atomic mass is 16.6. The van der Waals surface area contributed by atoms with Crippen molar-refractivity contribution in [2.75, 3.05) is 52.7 Å². The molecule has 0 aromatic heterocycles. The fourth-order valence-corrected chi connectivity index (χ4v) is 7.62. The van der Waals surface area contributed by atoms with E-state index in [1.54, 1.807) is 0 Å². The van der Waals surface area contributed by atoms with Crippen molar-refractivity contribution in [3.8, 4) is 0 Å². The summed E-state index contributed by atoms with van der Waals surface area (Å²) < 4.78 is 34.0. The van der Waals surface area contributed by atoms with Gasteiger partial charge in [0.05, 0.1) is 13.2 Å². The molecule has 0 bridgehead atoms. The summed E-state index contributed by atoms with van der Waals surface area (Å²) in [5.74, 6) is -2.37. The van der Waals surface area contributed by atoms with Crippen LogP contribution in [0.15, 0.2) is 0 Å². The molecule has 0 aliphatic rings. The van der Waals surface area contributed by atoms with Gasteiger partial charge < -0.3 is 33.3 Å². The molecule has 0 amide bonds. The number of hydrogen-bond acceptors (Lipinski definition) is 13. The van der Waals surface area contributed by atoms with Crippen LogP contribution < -0.4 is 0 Å². The standard InChI is InChI=1S/C53H97NO12/c1-8-13-17-19-27-38-61-47(55)32-23-25-34-49(57)63-41-53(43-65-51(59)36-29-37-54(12-5)45(6)7,44-66-52(60)40-46(30-21-15-10-3)31-22-16-11-4)42-64-50(58)35-26-24-33-48(56)62-39-28-20-18-14-9-2/h45-46H,8-44H2,1-7H3. The van der Waals surface area contributed by atoms with E-state index in [2.05, 4.69) is 53.4 Å². The molecule has 0 rings (SSSR count). The molecular formula is C53H97NO12. The van der Waals surface area contributed by atoms with E-state index in [0.717, 1.165) is 109 Å². The van der Waals surface area contributed by atoms with Gasteiger partial charge in [-0.15, -0.1) is 0 Å². The van der Waals surface area contributed by atoms with Gasteiger partial charge in [-0.2, -0.15) is 0 Å². The summed E-state index contributed by atoms with van der Waals surface area (Å²) in [4.78, 5) is 79.9. The minimum Gasteiger partial charge on any atom is -0.466 e. The number of rotatable bonds is 46. The zero-order valence-electron chi connectivity index (χ0n) is 43.2. The fraction of sp³-hybridized carbons (Fsp3) is 0.887. The van der Waals surface area contributed by atoms with E-state index in [9.17, 15) is 28.8 Å². The van der Waals surface area contributed by atoms with Crippen molar-refractivity contribution >= 4 is 35.8 Å². The lowest BCUT2D eigenvalue weighted by atomic mass is 9.91. The van der Waals surface area contributed by atoms with Crippen LogP contribution in [0.25, 0.3) is 0 Å². The monoisotopic (exact) mass is 940 g/mol. The Bertz CT molecular complexity index is 1190. The molecule has 0 unspecified atom stereocenters. The molecule has 0 radical (unpaired) electrons. The van der Waals surface area contributed by atoms with Gasteiger partial charge in [0, 0.05) is 44.6 Å². The van der Waals surface area contributed by atoms with E-state index >= 15 is 0 Å². The van der Waals surface area contributed by atoms with Crippen molar-refractivity contribution in [3.63, 3.8) is 0 Å². The zero-order valence-corrected chi connectivity index (χ0v) is 43.2. The molecule has 13 nitrogen and oxygen atoms in total. The first kappa shape index (κ1) is 62.8. The van der Waals surface area contributed by atoms with Gasteiger partial charge in [-0.05, 0) is 90.6 Å². The number of carbonyl (C=O) groups is 6. The lowest BCUT2D eigenvalue weighted by molar-refractivity contribution is -0.171. The van der Waals surface area contributed by atoms with Gasteiger partial charge >= 0.3 is 35.8 Å². The lowest BCUT2D eigenvalue weighted by Crippen LogP contribution is -2.44. The van der Waals surface area contributed by atoms with Crippen LogP contribution >= 0.6 is 0 Å². The molecule has 0 spiro atoms. The number of carbonyl (C=O) groups excluding carboxylic acids is 6. The number of nitrogens with zero attached hydrogens (tertiary/aromatic N) is 1. The first-order valence-corrected chi connectivity index (χ1v) is 26.5. The maximum absolute atomic E-state index is 13.6. The summed E-state index contributed by atoms with van der Waals surface area (Å²) >= 11 is 0. The molecule has 0 saturated heterocycles. The molecule has 0 aliphatic heterocycles. The van der Waals surface area contributed by atoms with Crippen LogP contribution in [-0.4, -0.2) is 99.5 Å². The van der Waals surface area contributed by atoms with Crippen molar-refractivity contribution in [2.45, 2.75) is 241 Å². The third-order valence-corrected chi connectivity index (χ3v) is 12.1. The summed E-state index contributed by atoms with van der Waals surface area (Å²) in [6.07, 6.45) is 21.9. The van der Waals surface area contributed by atoms with Crippen molar-refractivity contribution in [1.82, 2.24) is 4.90 Å². The maximum Gasteiger partial charge on any atom is 0.306 e. The largest absolute Gasteiger partial charge is 0.466 e. The van der Waals surface area contributed by atoms with Gasteiger partial charge in [-0.3, -0.25) is 28.8 Å². The minimum atomic E-state index is -1.38. The van der Waals surface area contributed by atoms with Gasteiger partial charge in [-0.25, -0.2) is 0 Å². The molecule has 386 valence electrons. The number of unbranched alkanes of at least 4 members (excludes halogenated alkanes) is 14. The first-order chi connectivity index (χ1) is 31.8. The number of ether oxygens (including phenoxy) is 6. The summed E-state index contributed by atoms with van der Waals surface area (Å²) in [6.45, 7) is 16.0. The predicted octanol–water partition coefficient (Wildman–Crippen LogP) is 12.0. The minimum absolute atomic E-state index is 0.0298. The topological polar surface area (TPSA) is 161 Å². The highest BCUT2D eigenvalue weighted by molar-refractivity contribution is 5.72. The first-order valence-electron chi connectivity index (χ1n) is 26.5. The maximum atomic E-state index is 13.6. The average molecular weight is 940 g/mol. The van der Waals surface area contributed by atoms with Gasteiger partial charge in [0.1, 0.15) is 31.8 Å². The van der Waals surface area contributed by atoms with Crippen LogP contribution in [0, 0.1) is 11.3 Å². The summed E-state index contributed by atoms with van der Waals surface area (Å²) in [5.41, 5.74) is -1.38. The summed E-state index contributed by atoms with van der Waals surface area (Å²) in [5, 5.41) is 0. The molecular weight excluding hydrogens is 843 g/mol. The zero-order chi connectivity index (χ0) is 49.1. The second-order valence-electron chi connectivity index (χ2n) is 18.7. The molecule has 0 saturated carbocycles. The van der Waals surface area contributed by atoms with E-state index in [0.29, 0.717) is 57.9 Å². The van der Waals surface area contributed by atoms with E-state index in [-0.39, 0.29) is 82.8 Å². The normalized spacial score (nSPS) is 11.5. The molecule has 0 aromatic rings. The molecule has 0 N–H and O–H groups in total. The Hall–Kier alpha value is -3.22. The molecule has 0 atom stereocenters. The van der Waals surface area contributed by atoms with Crippen molar-refractivity contribution in [1.29, 1.82) is 0 Å². The van der Waals surface area contributed by atoms with E-state index < -0.39 is 29.3 Å². The highest BCUT2D eigenvalue weighted by Crippen LogP contribution is 2.26. The second-order valence-corrected chi connectivity index (χ2v) is 18.7. The SMILES string of the molecule is CCCCCCCOC(=O)CCCCC(=O)OCC(COC(=O)CCCCC(=O)OCCCCCCC)(COC(=O)CCCN(CC)C(C)C)COC(=O)CC(CCCCC)CCCCC. The molecule has 66 heavy (non-hydrogen) atoms. The summed E-state index contributed by atoms with van der Waals surface area (Å²) in [7, 11) is 0. The quantitative estimate of drug-likeness (QED) is 0.0322. The van der Waals surface area contributed by atoms with Crippen LogP contribution in [0.2, 0.25) is 0 Å². The summed E-state index contributed by atoms with van der Waals surface area (Å²) in [6, 6.07) is 0.327. The van der Waals surface area contributed by atoms with Gasteiger partial charge in [0.15, 0.2) is 0 Å². The third kappa shape index (κ3) is 36.8. The Labute approximate surface area is 401 Å². The fourth-order valence-electron chi connectivity index (χ4n) is 7.62. The van der Waals surface area contributed by atoms with Gasteiger partial charge in [0.2, 0.25) is 0 Å². The van der Waals surface area contributed by atoms with Crippen molar-refractivity contribution in [2.24, 2.45) is 11.3 Å². The van der Waals surface area contributed by atoms with E-state index in [4.69, 9.17) is 28.4 Å². The Morgan fingerprint density at radius 1 is 0.394 bits per heavy atom. The third-order valence-electron chi connectivity index (χ3n) is 12.1. The highest BCUT2D eigenvalue weighted by Gasteiger charge is 2.38. The molecule has 0 heterocycles. The Balaban J connectivity index is 5.93. The van der Waals surface area contributed by atoms with Crippen LogP contribution in [0.5, 0.6) is 0 Å². The van der Waals surface area contributed by atoms with Crippen LogP contribution in [-0.2, 0) is 57.2 Å². The second kappa shape index (κ2) is 43.1. The number of hydrogen-bond donors (Lipinski definition) is 0. The molecule has 13 heteroatoms. The van der Waals surface area contributed by atoms with Crippen molar-refractivity contribution in [3.05, 3.63) is 0 Å². The molecule has 0 aliphatic carbocycles. The predicted molar refractivity (Wildman–Crippen MR) is 261 cm³/mol. The van der Waals surface area contributed by atoms with Crippen LogP contribution in [0.4, 0.5) is 0 Å². The lowest BCUT2D eigenvalue weighted by Gasteiger charge is -2.32.